The van der Waals surface area contributed by atoms with Crippen LogP contribution in [0.5, 0.6) is 0 Å². The second-order valence-corrected chi connectivity index (χ2v) is 2.34. The number of carbonyl (C=O) groups excluding carboxylic acids is 1. The lowest BCUT2D eigenvalue weighted by molar-refractivity contribution is -0.401. The number of rotatable bonds is 2. The molecule has 0 aliphatic carbocycles. The highest BCUT2D eigenvalue weighted by molar-refractivity contribution is 5.82. The van der Waals surface area contributed by atoms with E-state index in [0.717, 1.165) is 6.07 Å². The van der Waals surface area contributed by atoms with Crippen LogP contribution in [0.15, 0.2) is 21.0 Å². The summed E-state index contributed by atoms with van der Waals surface area (Å²) in [6.45, 7) is 0. The van der Waals surface area contributed by atoms with E-state index in [1.165, 1.54) is 6.07 Å². The molecule has 66 valence electrons. The lowest BCUT2D eigenvalue weighted by atomic mass is 10.4. The quantitative estimate of drug-likeness (QED) is 0.400. The van der Waals surface area contributed by atoms with Gasteiger partial charge in [0.05, 0.1) is 0 Å². The van der Waals surface area contributed by atoms with Gasteiger partial charge in [-0.05, 0) is 0 Å². The van der Waals surface area contributed by atoms with Crippen molar-refractivity contribution in [3.05, 3.63) is 28.0 Å². The van der Waals surface area contributed by atoms with Gasteiger partial charge in [0.2, 0.25) is 0 Å². The number of fused-ring (bicyclic) bond motifs is 1. The number of hydrogen-bond acceptors (Lipinski definition) is 5. The van der Waals surface area contributed by atoms with E-state index in [1.54, 1.807) is 0 Å². The van der Waals surface area contributed by atoms with Gasteiger partial charge in [0.15, 0.2) is 23.2 Å². The van der Waals surface area contributed by atoms with Crippen molar-refractivity contribution in [1.82, 2.24) is 0 Å². The molecule has 6 nitrogen and oxygen atoms in total. The SMILES string of the molecule is O=Cc1cc2oc([N+](=O)[O-])cc2o1. The van der Waals surface area contributed by atoms with Gasteiger partial charge in [0, 0.05) is 6.07 Å². The lowest BCUT2D eigenvalue weighted by Gasteiger charge is -1.79. The lowest BCUT2D eigenvalue weighted by Crippen LogP contribution is -1.82. The number of carbonyl (C=O) groups is 1. The highest BCUT2D eigenvalue weighted by Gasteiger charge is 2.16. The van der Waals surface area contributed by atoms with Gasteiger partial charge in [-0.1, -0.05) is 0 Å². The molecule has 0 atom stereocenters. The fourth-order valence-corrected chi connectivity index (χ4v) is 0.990. The number of nitro groups is 1. The molecule has 13 heavy (non-hydrogen) atoms. The van der Waals surface area contributed by atoms with Gasteiger partial charge in [-0.2, -0.15) is 0 Å². The standard InChI is InChI=1S/C7H3NO5/c9-3-4-1-5-6(12-4)2-7(13-5)8(10)11/h1-3H. The Labute approximate surface area is 70.9 Å². The molecule has 0 aliphatic heterocycles. The van der Waals surface area contributed by atoms with Gasteiger partial charge in [-0.25, -0.2) is 0 Å². The van der Waals surface area contributed by atoms with E-state index in [4.69, 9.17) is 8.83 Å². The summed E-state index contributed by atoms with van der Waals surface area (Å²) in [5, 5.41) is 10.2. The smallest absolute Gasteiger partial charge is 0.437 e. The molecule has 0 saturated heterocycles. The van der Waals surface area contributed by atoms with E-state index in [2.05, 4.69) is 0 Å². The molecule has 2 heterocycles. The van der Waals surface area contributed by atoms with Crippen LogP contribution >= 0.6 is 0 Å². The van der Waals surface area contributed by atoms with Crippen LogP contribution in [0.2, 0.25) is 0 Å². The summed E-state index contributed by atoms with van der Waals surface area (Å²) in [6.07, 6.45) is 0.501. The second kappa shape index (κ2) is 2.44. The predicted octanol–water partition coefficient (Wildman–Crippen LogP) is 1.75. The largest absolute Gasteiger partial charge is 0.449 e. The normalized spacial score (nSPS) is 10.5. The maximum Gasteiger partial charge on any atom is 0.437 e. The molecule has 0 fully saturated rings. The van der Waals surface area contributed by atoms with Crippen LogP contribution in [0.3, 0.4) is 0 Å². The molecule has 2 aromatic heterocycles. The van der Waals surface area contributed by atoms with E-state index in [9.17, 15) is 14.9 Å². The molecule has 0 radical (unpaired) electrons. The molecule has 0 N–H and O–H groups in total. The first-order valence-electron chi connectivity index (χ1n) is 3.33. The van der Waals surface area contributed by atoms with Crippen LogP contribution in [0, 0.1) is 10.1 Å². The highest BCUT2D eigenvalue weighted by atomic mass is 16.6. The average molecular weight is 181 g/mol. The van der Waals surface area contributed by atoms with Crippen LogP contribution in [-0.2, 0) is 0 Å². The molecule has 0 spiro atoms. The van der Waals surface area contributed by atoms with Crippen LogP contribution in [0.25, 0.3) is 11.2 Å². The Morgan fingerprint density at radius 1 is 1.31 bits per heavy atom. The van der Waals surface area contributed by atoms with Crippen LogP contribution in [0.4, 0.5) is 5.88 Å². The van der Waals surface area contributed by atoms with Crippen LogP contribution in [0.1, 0.15) is 10.6 Å². The van der Waals surface area contributed by atoms with E-state index in [1.807, 2.05) is 0 Å². The number of furan rings is 2. The van der Waals surface area contributed by atoms with Crippen molar-refractivity contribution in [3.8, 4) is 0 Å². The topological polar surface area (TPSA) is 86.5 Å². The van der Waals surface area contributed by atoms with Gasteiger partial charge in [0.1, 0.15) is 11.0 Å². The number of hydrogen-bond donors (Lipinski definition) is 0. The summed E-state index contributed by atoms with van der Waals surface area (Å²) in [5.41, 5.74) is 0.405. The van der Waals surface area contributed by atoms with E-state index in [-0.39, 0.29) is 16.9 Å². The Bertz CT molecular complexity index is 448. The Morgan fingerprint density at radius 2 is 2.00 bits per heavy atom. The maximum atomic E-state index is 10.2. The zero-order valence-electron chi connectivity index (χ0n) is 6.22. The first kappa shape index (κ1) is 7.53. The van der Waals surface area contributed by atoms with Crippen molar-refractivity contribution >= 4 is 23.3 Å². The van der Waals surface area contributed by atoms with E-state index < -0.39 is 10.8 Å². The molecule has 0 aromatic carbocycles. The molecule has 0 amide bonds. The van der Waals surface area contributed by atoms with Gasteiger partial charge in [-0.3, -0.25) is 14.9 Å². The Morgan fingerprint density at radius 3 is 2.54 bits per heavy atom. The summed E-state index contributed by atoms with van der Waals surface area (Å²) in [7, 11) is 0. The monoisotopic (exact) mass is 181 g/mol. The number of aldehydes is 1. The van der Waals surface area contributed by atoms with Crippen molar-refractivity contribution in [2.45, 2.75) is 0 Å². The van der Waals surface area contributed by atoms with Crippen molar-refractivity contribution in [2.24, 2.45) is 0 Å². The molecule has 6 heteroatoms. The van der Waals surface area contributed by atoms with Crippen molar-refractivity contribution in [3.63, 3.8) is 0 Å². The molecule has 2 rings (SSSR count). The third kappa shape index (κ3) is 1.08. The average Bonchev–Trinajstić information content (AvgIpc) is 2.58. The maximum absolute atomic E-state index is 10.2. The summed E-state index contributed by atoms with van der Waals surface area (Å²) < 4.78 is 9.64. The summed E-state index contributed by atoms with van der Waals surface area (Å²) in [4.78, 5) is 19.8. The summed E-state index contributed by atoms with van der Waals surface area (Å²) >= 11 is 0. The summed E-state index contributed by atoms with van der Waals surface area (Å²) in [6, 6.07) is 2.43. The Balaban J connectivity index is 2.60. The van der Waals surface area contributed by atoms with Crippen molar-refractivity contribution in [1.29, 1.82) is 0 Å². The molecule has 0 unspecified atom stereocenters. The van der Waals surface area contributed by atoms with Crippen LogP contribution < -0.4 is 0 Å². The van der Waals surface area contributed by atoms with E-state index in [0.29, 0.717) is 6.29 Å². The predicted molar refractivity (Wildman–Crippen MR) is 40.5 cm³/mol. The van der Waals surface area contributed by atoms with E-state index >= 15 is 0 Å². The van der Waals surface area contributed by atoms with Gasteiger partial charge < -0.3 is 8.83 Å². The Hall–Kier alpha value is -2.11. The zero-order chi connectivity index (χ0) is 9.42. The van der Waals surface area contributed by atoms with Gasteiger partial charge >= 0.3 is 5.88 Å². The zero-order valence-corrected chi connectivity index (χ0v) is 6.22. The summed E-state index contributed by atoms with van der Waals surface area (Å²) in [5.74, 6) is -0.310. The molecule has 0 aliphatic rings. The molecule has 0 bridgehead atoms. The first-order valence-corrected chi connectivity index (χ1v) is 3.33. The highest BCUT2D eigenvalue weighted by Crippen LogP contribution is 2.26. The molecule has 0 saturated carbocycles. The third-order valence-electron chi connectivity index (χ3n) is 1.51. The number of nitrogens with zero attached hydrogens (tertiary/aromatic N) is 1. The fraction of sp³-hybridized carbons (Fsp3) is 0. The van der Waals surface area contributed by atoms with Gasteiger partial charge in [0.25, 0.3) is 0 Å². The second-order valence-electron chi connectivity index (χ2n) is 2.34. The van der Waals surface area contributed by atoms with Crippen molar-refractivity contribution in [2.75, 3.05) is 0 Å². The minimum absolute atomic E-state index is 0.0867. The first-order chi connectivity index (χ1) is 6.20. The minimum Gasteiger partial charge on any atom is -0.449 e. The Kier molecular flexibility index (Phi) is 1.42. The van der Waals surface area contributed by atoms with Gasteiger partial charge in [-0.15, -0.1) is 0 Å². The third-order valence-corrected chi connectivity index (χ3v) is 1.51. The van der Waals surface area contributed by atoms with Crippen LogP contribution in [-0.4, -0.2) is 11.2 Å². The minimum atomic E-state index is -0.671. The molecule has 2 aromatic rings. The van der Waals surface area contributed by atoms with Crippen molar-refractivity contribution < 1.29 is 18.6 Å². The molecular weight excluding hydrogens is 178 g/mol. The molecular formula is C7H3NO5. The fourth-order valence-electron chi connectivity index (χ4n) is 0.990.